The number of nitro groups is 1. The normalized spacial score (nSPS) is 10.3. The predicted octanol–water partition coefficient (Wildman–Crippen LogP) is 3.37. The van der Waals surface area contributed by atoms with Crippen molar-refractivity contribution in [3.8, 4) is 11.4 Å². The van der Waals surface area contributed by atoms with Crippen molar-refractivity contribution in [2.45, 2.75) is 13.8 Å². The van der Waals surface area contributed by atoms with Gasteiger partial charge in [-0.25, -0.2) is 9.97 Å². The Morgan fingerprint density at radius 2 is 1.95 bits per heavy atom. The van der Waals surface area contributed by atoms with E-state index in [2.05, 4.69) is 16.5 Å². The van der Waals surface area contributed by atoms with Gasteiger partial charge in [0, 0.05) is 43.0 Å². The highest BCUT2D eigenvalue weighted by Crippen LogP contribution is 2.22. The molecule has 1 heterocycles. The summed E-state index contributed by atoms with van der Waals surface area (Å²) < 4.78 is 0. The van der Waals surface area contributed by atoms with Crippen LogP contribution >= 0.6 is 0 Å². The van der Waals surface area contributed by atoms with Crippen LogP contribution in [0.5, 0.6) is 0 Å². The van der Waals surface area contributed by atoms with Gasteiger partial charge in [-0.05, 0) is 26.0 Å². The standard InChI is InChI=1S/C16H18N4O2/c1-11(2)10-19(4)15-9-12(3)17-16(18-15)13-5-7-14(8-6-13)20(21)22/h5-9H,1,10H2,2-4H3. The summed E-state index contributed by atoms with van der Waals surface area (Å²) in [7, 11) is 1.94. The van der Waals surface area contributed by atoms with Crippen LogP contribution < -0.4 is 4.90 Å². The minimum absolute atomic E-state index is 0.0519. The van der Waals surface area contributed by atoms with Crippen molar-refractivity contribution in [1.29, 1.82) is 0 Å². The molecule has 0 N–H and O–H groups in total. The van der Waals surface area contributed by atoms with Crippen LogP contribution in [-0.4, -0.2) is 28.5 Å². The van der Waals surface area contributed by atoms with Gasteiger partial charge in [-0.15, -0.1) is 0 Å². The first kappa shape index (κ1) is 15.6. The number of hydrogen-bond donors (Lipinski definition) is 0. The smallest absolute Gasteiger partial charge is 0.269 e. The predicted molar refractivity (Wildman–Crippen MR) is 86.9 cm³/mol. The van der Waals surface area contributed by atoms with E-state index in [1.54, 1.807) is 12.1 Å². The SMILES string of the molecule is C=C(C)CN(C)c1cc(C)nc(-c2ccc([N+](=O)[O-])cc2)n1. The first-order valence-corrected chi connectivity index (χ1v) is 6.83. The lowest BCUT2D eigenvalue weighted by Crippen LogP contribution is -2.20. The molecule has 0 radical (unpaired) electrons. The summed E-state index contributed by atoms with van der Waals surface area (Å²) in [5.74, 6) is 1.35. The van der Waals surface area contributed by atoms with E-state index >= 15 is 0 Å². The molecule has 0 spiro atoms. The van der Waals surface area contributed by atoms with Crippen molar-refractivity contribution in [1.82, 2.24) is 9.97 Å². The highest BCUT2D eigenvalue weighted by Gasteiger charge is 2.10. The fraction of sp³-hybridized carbons (Fsp3) is 0.250. The maximum Gasteiger partial charge on any atom is 0.269 e. The average molecular weight is 298 g/mol. The van der Waals surface area contributed by atoms with Crippen LogP contribution in [0.25, 0.3) is 11.4 Å². The van der Waals surface area contributed by atoms with Gasteiger partial charge in [-0.2, -0.15) is 0 Å². The Kier molecular flexibility index (Phi) is 4.50. The van der Waals surface area contributed by atoms with E-state index < -0.39 is 4.92 Å². The topological polar surface area (TPSA) is 72.2 Å². The number of benzene rings is 1. The van der Waals surface area contributed by atoms with Gasteiger partial charge in [0.15, 0.2) is 5.82 Å². The Balaban J connectivity index is 2.37. The monoisotopic (exact) mass is 298 g/mol. The summed E-state index contributed by atoms with van der Waals surface area (Å²) >= 11 is 0. The van der Waals surface area contributed by atoms with Crippen molar-refractivity contribution >= 4 is 11.5 Å². The lowest BCUT2D eigenvalue weighted by atomic mass is 10.2. The number of nitrogens with zero attached hydrogens (tertiary/aromatic N) is 4. The van der Waals surface area contributed by atoms with Crippen LogP contribution in [0.4, 0.5) is 11.5 Å². The Morgan fingerprint density at radius 1 is 1.32 bits per heavy atom. The molecule has 0 saturated heterocycles. The van der Waals surface area contributed by atoms with Crippen molar-refractivity contribution in [3.63, 3.8) is 0 Å². The zero-order chi connectivity index (χ0) is 16.3. The van der Waals surface area contributed by atoms with Crippen molar-refractivity contribution in [2.24, 2.45) is 0 Å². The maximum absolute atomic E-state index is 10.7. The molecule has 114 valence electrons. The number of aryl methyl sites for hydroxylation is 1. The van der Waals surface area contributed by atoms with Gasteiger partial charge in [-0.3, -0.25) is 10.1 Å². The van der Waals surface area contributed by atoms with Gasteiger partial charge in [0.1, 0.15) is 5.82 Å². The summed E-state index contributed by atoms with van der Waals surface area (Å²) in [5, 5.41) is 10.7. The third-order valence-corrected chi connectivity index (χ3v) is 3.08. The first-order valence-electron chi connectivity index (χ1n) is 6.83. The molecule has 22 heavy (non-hydrogen) atoms. The van der Waals surface area contributed by atoms with Crippen LogP contribution in [0, 0.1) is 17.0 Å². The number of rotatable bonds is 5. The highest BCUT2D eigenvalue weighted by atomic mass is 16.6. The molecule has 2 rings (SSSR count). The van der Waals surface area contributed by atoms with E-state index in [-0.39, 0.29) is 5.69 Å². The molecule has 0 aliphatic rings. The van der Waals surface area contributed by atoms with E-state index in [0.717, 1.165) is 22.6 Å². The molecule has 1 aromatic carbocycles. The Hall–Kier alpha value is -2.76. The molecule has 6 nitrogen and oxygen atoms in total. The van der Waals surface area contributed by atoms with Crippen LogP contribution in [0.3, 0.4) is 0 Å². The van der Waals surface area contributed by atoms with E-state index in [1.807, 2.05) is 31.9 Å². The number of hydrogen-bond acceptors (Lipinski definition) is 5. The molecule has 0 aliphatic heterocycles. The molecule has 0 amide bonds. The van der Waals surface area contributed by atoms with E-state index in [9.17, 15) is 10.1 Å². The molecule has 0 saturated carbocycles. The van der Waals surface area contributed by atoms with Gasteiger partial charge < -0.3 is 4.90 Å². The number of nitro benzene ring substituents is 1. The molecule has 0 fully saturated rings. The molecular formula is C16H18N4O2. The molecule has 0 unspecified atom stereocenters. The summed E-state index contributed by atoms with van der Waals surface area (Å²) in [6.07, 6.45) is 0. The second-order valence-corrected chi connectivity index (χ2v) is 5.31. The second-order valence-electron chi connectivity index (χ2n) is 5.31. The Bertz CT molecular complexity index is 711. The number of non-ortho nitro benzene ring substituents is 1. The number of aromatic nitrogens is 2. The molecule has 2 aromatic rings. The number of anilines is 1. The fourth-order valence-corrected chi connectivity index (χ4v) is 2.09. The summed E-state index contributed by atoms with van der Waals surface area (Å²) in [6.45, 7) is 8.46. The Labute approximate surface area is 129 Å². The summed E-state index contributed by atoms with van der Waals surface area (Å²) in [4.78, 5) is 21.2. The van der Waals surface area contributed by atoms with E-state index in [4.69, 9.17) is 0 Å². The highest BCUT2D eigenvalue weighted by molar-refractivity contribution is 5.59. The Morgan fingerprint density at radius 3 is 2.50 bits per heavy atom. The second kappa shape index (κ2) is 6.34. The largest absolute Gasteiger partial charge is 0.356 e. The third-order valence-electron chi connectivity index (χ3n) is 3.08. The molecular weight excluding hydrogens is 280 g/mol. The quantitative estimate of drug-likeness (QED) is 0.481. The van der Waals surface area contributed by atoms with Gasteiger partial charge in [0.25, 0.3) is 5.69 Å². The number of likely N-dealkylation sites (N-methyl/N-ethyl adjacent to an activating group) is 1. The fourth-order valence-electron chi connectivity index (χ4n) is 2.09. The van der Waals surface area contributed by atoms with Crippen LogP contribution in [-0.2, 0) is 0 Å². The van der Waals surface area contributed by atoms with Crippen molar-refractivity contribution in [3.05, 3.63) is 58.3 Å². The molecule has 6 heteroatoms. The summed E-state index contributed by atoms with van der Waals surface area (Å²) in [6, 6.07) is 8.14. The van der Waals surface area contributed by atoms with Crippen LogP contribution in [0.1, 0.15) is 12.6 Å². The van der Waals surface area contributed by atoms with Gasteiger partial charge in [0.05, 0.1) is 4.92 Å². The lowest BCUT2D eigenvalue weighted by molar-refractivity contribution is -0.384. The van der Waals surface area contributed by atoms with E-state index in [0.29, 0.717) is 12.4 Å². The molecule has 0 atom stereocenters. The van der Waals surface area contributed by atoms with Gasteiger partial charge >= 0.3 is 0 Å². The molecule has 1 aromatic heterocycles. The minimum atomic E-state index is -0.424. The van der Waals surface area contributed by atoms with Gasteiger partial charge in [0.2, 0.25) is 0 Å². The third kappa shape index (κ3) is 3.66. The zero-order valence-electron chi connectivity index (χ0n) is 12.9. The zero-order valence-corrected chi connectivity index (χ0v) is 12.9. The minimum Gasteiger partial charge on any atom is -0.356 e. The van der Waals surface area contributed by atoms with Gasteiger partial charge in [-0.1, -0.05) is 12.2 Å². The average Bonchev–Trinajstić information content (AvgIpc) is 2.46. The lowest BCUT2D eigenvalue weighted by Gasteiger charge is -2.19. The van der Waals surface area contributed by atoms with Crippen LogP contribution in [0.2, 0.25) is 0 Å². The van der Waals surface area contributed by atoms with Crippen LogP contribution in [0.15, 0.2) is 42.5 Å². The van der Waals surface area contributed by atoms with Crippen molar-refractivity contribution in [2.75, 3.05) is 18.5 Å². The maximum atomic E-state index is 10.7. The van der Waals surface area contributed by atoms with Crippen molar-refractivity contribution < 1.29 is 4.92 Å². The first-order chi connectivity index (χ1) is 10.4. The molecule has 0 aliphatic carbocycles. The van der Waals surface area contributed by atoms with E-state index in [1.165, 1.54) is 12.1 Å². The molecule has 0 bridgehead atoms. The summed E-state index contributed by atoms with van der Waals surface area (Å²) in [5.41, 5.74) is 2.68.